The van der Waals surface area contributed by atoms with Crippen molar-refractivity contribution in [3.05, 3.63) is 59.7 Å². The Morgan fingerprint density at radius 3 is 2.25 bits per heavy atom. The minimum atomic E-state index is -0.327. The fourth-order valence-electron chi connectivity index (χ4n) is 6.01. The Morgan fingerprint density at radius 2 is 1.57 bits per heavy atom. The Hall–Kier alpha value is -2.67. The first-order valence-electron chi connectivity index (χ1n) is 15.1. The maximum Gasteiger partial charge on any atom is 0.255 e. The van der Waals surface area contributed by atoms with E-state index in [0.29, 0.717) is 12.5 Å². The van der Waals surface area contributed by atoms with Gasteiger partial charge in [-0.2, -0.15) is 11.8 Å². The fourth-order valence-corrected chi connectivity index (χ4v) is 7.57. The Kier molecular flexibility index (Phi) is 12.1. The van der Waals surface area contributed by atoms with Crippen molar-refractivity contribution in [3.63, 3.8) is 0 Å². The number of phenolic OH excluding ortho intramolecular Hbond substituents is 1. The van der Waals surface area contributed by atoms with Crippen molar-refractivity contribution in [1.82, 2.24) is 10.6 Å². The zero-order valence-corrected chi connectivity index (χ0v) is 24.7. The standard InChI is InChI=1S/C33H46N2O4S/c1-39-27-19-17-24(18-20-27)21-31(40-23-25-11-5-4-6-12-25)29(35-32(37)26-13-7-2-3-8-14-26)22-34-33(38)28-15-9-10-16-30(28)36/h9-10,15-20,25-26,29,31,36H,2-8,11-14,21-23H2,1H3,(H,34,38)(H,35,37). The lowest BCUT2D eigenvalue weighted by Crippen LogP contribution is -2.51. The largest absolute Gasteiger partial charge is 0.507 e. The van der Waals surface area contributed by atoms with Gasteiger partial charge in [-0.25, -0.2) is 0 Å². The van der Waals surface area contributed by atoms with Gasteiger partial charge < -0.3 is 20.5 Å². The number of aromatic hydroxyl groups is 1. The number of amides is 2. The summed E-state index contributed by atoms with van der Waals surface area (Å²) in [6.45, 7) is 0.310. The van der Waals surface area contributed by atoms with E-state index in [2.05, 4.69) is 22.8 Å². The highest BCUT2D eigenvalue weighted by atomic mass is 32.2. The Labute approximate surface area is 244 Å². The summed E-state index contributed by atoms with van der Waals surface area (Å²) in [5.74, 6) is 2.36. The molecule has 0 heterocycles. The maximum absolute atomic E-state index is 13.6. The van der Waals surface area contributed by atoms with Crippen LogP contribution in [0.5, 0.6) is 11.5 Å². The number of hydrogen-bond donors (Lipinski definition) is 3. The van der Waals surface area contributed by atoms with Gasteiger partial charge >= 0.3 is 0 Å². The molecule has 2 aliphatic rings. The molecule has 2 atom stereocenters. The van der Waals surface area contributed by atoms with E-state index < -0.39 is 0 Å². The molecule has 2 saturated carbocycles. The number of nitrogens with one attached hydrogen (secondary N) is 2. The zero-order valence-electron chi connectivity index (χ0n) is 23.9. The fraction of sp³-hybridized carbons (Fsp3) is 0.576. The third kappa shape index (κ3) is 9.18. The van der Waals surface area contributed by atoms with Crippen molar-refractivity contribution < 1.29 is 19.4 Å². The first-order valence-corrected chi connectivity index (χ1v) is 16.2. The maximum atomic E-state index is 13.6. The molecule has 0 saturated heterocycles. The molecule has 7 heteroatoms. The minimum absolute atomic E-state index is 0.0313. The number of phenols is 1. The first-order chi connectivity index (χ1) is 19.5. The van der Waals surface area contributed by atoms with Gasteiger partial charge in [-0.05, 0) is 73.6 Å². The average Bonchev–Trinajstić information content (AvgIpc) is 3.28. The molecule has 2 amide bonds. The number of thioether (sulfide) groups is 1. The molecule has 4 rings (SSSR count). The second kappa shape index (κ2) is 15.9. The molecule has 2 aliphatic carbocycles. The molecule has 0 aliphatic heterocycles. The predicted molar refractivity (Wildman–Crippen MR) is 163 cm³/mol. The highest BCUT2D eigenvalue weighted by molar-refractivity contribution is 7.99. The van der Waals surface area contributed by atoms with Crippen LogP contribution in [0, 0.1) is 11.8 Å². The van der Waals surface area contributed by atoms with Gasteiger partial charge in [0.1, 0.15) is 11.5 Å². The van der Waals surface area contributed by atoms with Crippen LogP contribution < -0.4 is 15.4 Å². The molecular weight excluding hydrogens is 520 g/mol. The molecule has 0 bridgehead atoms. The monoisotopic (exact) mass is 566 g/mol. The van der Waals surface area contributed by atoms with Gasteiger partial charge in [-0.1, -0.05) is 69.2 Å². The third-order valence-corrected chi connectivity index (χ3v) is 10.1. The van der Waals surface area contributed by atoms with E-state index in [1.54, 1.807) is 25.3 Å². The van der Waals surface area contributed by atoms with E-state index in [0.717, 1.165) is 43.6 Å². The van der Waals surface area contributed by atoms with E-state index in [-0.39, 0.29) is 40.3 Å². The second-order valence-corrected chi connectivity index (χ2v) is 12.7. The van der Waals surface area contributed by atoms with Crippen LogP contribution in [-0.2, 0) is 11.2 Å². The quantitative estimate of drug-likeness (QED) is 0.255. The van der Waals surface area contributed by atoms with Crippen molar-refractivity contribution in [2.75, 3.05) is 19.4 Å². The Morgan fingerprint density at radius 1 is 0.925 bits per heavy atom. The average molecular weight is 567 g/mol. The van der Waals surface area contributed by atoms with E-state index in [1.807, 2.05) is 23.9 Å². The summed E-state index contributed by atoms with van der Waals surface area (Å²) in [7, 11) is 1.67. The third-order valence-electron chi connectivity index (χ3n) is 8.50. The zero-order chi connectivity index (χ0) is 28.2. The predicted octanol–water partition coefficient (Wildman–Crippen LogP) is 6.51. The summed E-state index contributed by atoms with van der Waals surface area (Å²) in [5.41, 5.74) is 1.43. The van der Waals surface area contributed by atoms with Crippen LogP contribution in [0.1, 0.15) is 86.6 Å². The Balaban J connectivity index is 1.53. The number of methoxy groups -OCH3 is 1. The normalized spacial score (nSPS) is 18.3. The highest BCUT2D eigenvalue weighted by Crippen LogP contribution is 2.31. The van der Waals surface area contributed by atoms with Gasteiger partial charge in [0.2, 0.25) is 5.91 Å². The molecule has 2 fully saturated rings. The number of benzene rings is 2. The molecule has 40 heavy (non-hydrogen) atoms. The summed E-state index contributed by atoms with van der Waals surface area (Å²) in [4.78, 5) is 26.6. The van der Waals surface area contributed by atoms with Crippen molar-refractivity contribution in [3.8, 4) is 11.5 Å². The van der Waals surface area contributed by atoms with Gasteiger partial charge in [-0.15, -0.1) is 0 Å². The van der Waals surface area contributed by atoms with Crippen molar-refractivity contribution in [2.24, 2.45) is 11.8 Å². The van der Waals surface area contributed by atoms with E-state index in [4.69, 9.17) is 4.74 Å². The molecule has 2 aromatic carbocycles. The molecule has 0 radical (unpaired) electrons. The van der Waals surface area contributed by atoms with E-state index in [1.165, 1.54) is 56.6 Å². The molecular formula is C33H46N2O4S. The smallest absolute Gasteiger partial charge is 0.255 e. The molecule has 2 aromatic rings. The van der Waals surface area contributed by atoms with Gasteiger partial charge in [0.25, 0.3) is 5.91 Å². The molecule has 3 N–H and O–H groups in total. The van der Waals surface area contributed by atoms with Gasteiger partial charge in [0, 0.05) is 17.7 Å². The van der Waals surface area contributed by atoms with Gasteiger partial charge in [-0.3, -0.25) is 9.59 Å². The van der Waals surface area contributed by atoms with Crippen LogP contribution in [0.3, 0.4) is 0 Å². The lowest BCUT2D eigenvalue weighted by Gasteiger charge is -2.31. The summed E-state index contributed by atoms with van der Waals surface area (Å²) >= 11 is 1.94. The minimum Gasteiger partial charge on any atom is -0.507 e. The van der Waals surface area contributed by atoms with Crippen molar-refractivity contribution >= 4 is 23.6 Å². The number of hydrogen-bond acceptors (Lipinski definition) is 5. The number of carbonyl (C=O) groups excluding carboxylic acids is 2. The lowest BCUT2D eigenvalue weighted by molar-refractivity contribution is -0.126. The number of carbonyl (C=O) groups is 2. The van der Waals surface area contributed by atoms with Crippen LogP contribution >= 0.6 is 11.8 Å². The van der Waals surface area contributed by atoms with Crippen LogP contribution in [-0.4, -0.2) is 47.6 Å². The second-order valence-electron chi connectivity index (χ2n) is 11.5. The van der Waals surface area contributed by atoms with E-state index >= 15 is 0 Å². The molecule has 218 valence electrons. The molecule has 0 aromatic heterocycles. The number of rotatable bonds is 12. The van der Waals surface area contributed by atoms with Crippen LogP contribution in [0.4, 0.5) is 0 Å². The summed E-state index contributed by atoms with van der Waals surface area (Å²) in [6.07, 6.45) is 13.7. The molecule has 0 spiro atoms. The number of para-hydroxylation sites is 1. The number of ether oxygens (including phenoxy) is 1. The van der Waals surface area contributed by atoms with Crippen molar-refractivity contribution in [2.45, 2.75) is 88.3 Å². The van der Waals surface area contributed by atoms with Gasteiger partial charge in [0.05, 0.1) is 18.7 Å². The van der Waals surface area contributed by atoms with Crippen molar-refractivity contribution in [1.29, 1.82) is 0 Å². The molecule has 2 unspecified atom stereocenters. The summed E-state index contributed by atoms with van der Waals surface area (Å²) in [5, 5.41) is 16.8. The van der Waals surface area contributed by atoms with Crippen LogP contribution in [0.2, 0.25) is 0 Å². The topological polar surface area (TPSA) is 87.7 Å². The lowest BCUT2D eigenvalue weighted by atomic mass is 9.91. The SMILES string of the molecule is COc1ccc(CC(SCC2CCCCC2)C(CNC(=O)c2ccccc2O)NC(=O)C2CCCCCC2)cc1. The Bertz CT molecular complexity index is 1060. The summed E-state index contributed by atoms with van der Waals surface area (Å²) in [6, 6.07) is 14.5. The highest BCUT2D eigenvalue weighted by Gasteiger charge is 2.30. The van der Waals surface area contributed by atoms with Crippen LogP contribution in [0.15, 0.2) is 48.5 Å². The van der Waals surface area contributed by atoms with E-state index in [9.17, 15) is 14.7 Å². The van der Waals surface area contributed by atoms with Gasteiger partial charge in [0.15, 0.2) is 0 Å². The van der Waals surface area contributed by atoms with Crippen LogP contribution in [0.25, 0.3) is 0 Å². The first kappa shape index (κ1) is 30.3. The molecule has 6 nitrogen and oxygen atoms in total. The summed E-state index contributed by atoms with van der Waals surface area (Å²) < 4.78 is 5.36.